The van der Waals surface area contributed by atoms with E-state index in [0.717, 1.165) is 36.2 Å². The van der Waals surface area contributed by atoms with Crippen LogP contribution >= 0.6 is 15.9 Å². The monoisotopic (exact) mass is 348 g/mol. The van der Waals surface area contributed by atoms with Crippen molar-refractivity contribution in [3.05, 3.63) is 64.4 Å². The molecule has 1 heterocycles. The molecule has 1 unspecified atom stereocenters. The molecule has 3 rings (SSSR count). The van der Waals surface area contributed by atoms with Gasteiger partial charge in [0.05, 0.1) is 5.69 Å². The van der Waals surface area contributed by atoms with Gasteiger partial charge in [0, 0.05) is 23.6 Å². The van der Waals surface area contributed by atoms with E-state index < -0.39 is 0 Å². The van der Waals surface area contributed by atoms with Gasteiger partial charge in [0.25, 0.3) is 0 Å². The quantitative estimate of drug-likeness (QED) is 0.877. The summed E-state index contributed by atoms with van der Waals surface area (Å²) in [6, 6.07) is 15.7. The third-order valence-corrected chi connectivity index (χ3v) is 4.49. The van der Waals surface area contributed by atoms with Crippen molar-refractivity contribution in [1.82, 2.24) is 5.32 Å². The largest absolute Gasteiger partial charge is 0.369 e. The number of nitrogens with zero attached hydrogens (tertiary/aromatic N) is 1. The third-order valence-electron chi connectivity index (χ3n) is 3.85. The topological polar surface area (TPSA) is 15.3 Å². The first kappa shape index (κ1) is 14.5. The van der Waals surface area contributed by atoms with Crippen molar-refractivity contribution >= 4 is 21.6 Å². The Bertz CT molecular complexity index is 603. The lowest BCUT2D eigenvalue weighted by atomic mass is 10.1. The molecule has 21 heavy (non-hydrogen) atoms. The van der Waals surface area contributed by atoms with Crippen molar-refractivity contribution in [2.75, 3.05) is 24.5 Å². The van der Waals surface area contributed by atoms with Gasteiger partial charge in [-0.3, -0.25) is 0 Å². The summed E-state index contributed by atoms with van der Waals surface area (Å²) in [7, 11) is 0. The van der Waals surface area contributed by atoms with Crippen molar-refractivity contribution in [3.8, 4) is 0 Å². The summed E-state index contributed by atoms with van der Waals surface area (Å²) >= 11 is 3.48. The van der Waals surface area contributed by atoms with Gasteiger partial charge in [-0.2, -0.15) is 0 Å². The van der Waals surface area contributed by atoms with Crippen LogP contribution in [0.5, 0.6) is 0 Å². The van der Waals surface area contributed by atoms with Crippen LogP contribution in [0.4, 0.5) is 10.1 Å². The molecule has 0 aliphatic carbocycles. The van der Waals surface area contributed by atoms with Crippen LogP contribution in [-0.2, 0) is 0 Å². The molecule has 2 nitrogen and oxygen atoms in total. The Morgan fingerprint density at radius 1 is 1.14 bits per heavy atom. The summed E-state index contributed by atoms with van der Waals surface area (Å²) in [6.45, 7) is 2.85. The van der Waals surface area contributed by atoms with Gasteiger partial charge in [-0.05, 0) is 52.7 Å². The molecule has 0 saturated carbocycles. The lowest BCUT2D eigenvalue weighted by molar-refractivity contribution is 0.569. The van der Waals surface area contributed by atoms with Gasteiger partial charge in [0.15, 0.2) is 0 Å². The zero-order chi connectivity index (χ0) is 14.7. The second kappa shape index (κ2) is 6.58. The molecular weight excluding hydrogens is 331 g/mol. The van der Waals surface area contributed by atoms with Crippen LogP contribution in [-0.4, -0.2) is 19.6 Å². The van der Waals surface area contributed by atoms with Crippen molar-refractivity contribution in [2.45, 2.75) is 12.5 Å². The van der Waals surface area contributed by atoms with Gasteiger partial charge in [-0.1, -0.05) is 30.3 Å². The first-order valence-electron chi connectivity index (χ1n) is 7.22. The van der Waals surface area contributed by atoms with Gasteiger partial charge in [0.2, 0.25) is 0 Å². The molecule has 1 aliphatic heterocycles. The molecule has 0 aromatic heterocycles. The summed E-state index contributed by atoms with van der Waals surface area (Å²) in [5.41, 5.74) is 2.35. The molecule has 110 valence electrons. The maximum Gasteiger partial charge on any atom is 0.124 e. The summed E-state index contributed by atoms with van der Waals surface area (Å²) in [5, 5.41) is 3.60. The molecule has 0 bridgehead atoms. The molecule has 0 amide bonds. The van der Waals surface area contributed by atoms with E-state index in [0.29, 0.717) is 6.04 Å². The van der Waals surface area contributed by atoms with E-state index in [-0.39, 0.29) is 5.82 Å². The fraction of sp³-hybridized carbons (Fsp3) is 0.294. The summed E-state index contributed by atoms with van der Waals surface area (Å²) in [4.78, 5) is 2.32. The highest BCUT2D eigenvalue weighted by molar-refractivity contribution is 9.10. The fourth-order valence-electron chi connectivity index (χ4n) is 2.79. The average Bonchev–Trinajstić information content (AvgIpc) is 2.74. The lowest BCUT2D eigenvalue weighted by Crippen LogP contribution is -2.31. The normalized spacial score (nSPS) is 19.3. The highest BCUT2D eigenvalue weighted by atomic mass is 79.9. The number of rotatable bonds is 2. The maximum absolute atomic E-state index is 13.3. The van der Waals surface area contributed by atoms with Crippen LogP contribution in [0.3, 0.4) is 0 Å². The SMILES string of the molecule is Fc1ccc(N2CCCNC(c3ccccc3)C2)c(Br)c1. The molecule has 1 atom stereocenters. The van der Waals surface area contributed by atoms with Crippen LogP contribution < -0.4 is 10.2 Å². The zero-order valence-corrected chi connectivity index (χ0v) is 13.3. The molecule has 0 radical (unpaired) electrons. The van der Waals surface area contributed by atoms with Crippen molar-refractivity contribution in [3.63, 3.8) is 0 Å². The second-order valence-corrected chi connectivity index (χ2v) is 6.17. The molecule has 2 aromatic carbocycles. The van der Waals surface area contributed by atoms with E-state index in [2.05, 4.69) is 50.4 Å². The highest BCUT2D eigenvalue weighted by Gasteiger charge is 2.20. The summed E-state index contributed by atoms with van der Waals surface area (Å²) < 4.78 is 14.1. The van der Waals surface area contributed by atoms with Crippen LogP contribution in [0.2, 0.25) is 0 Å². The molecule has 2 aromatic rings. The summed E-state index contributed by atoms with van der Waals surface area (Å²) in [5.74, 6) is -0.210. The van der Waals surface area contributed by atoms with E-state index in [9.17, 15) is 4.39 Å². The minimum absolute atomic E-state index is 0.210. The molecule has 1 aliphatic rings. The third kappa shape index (κ3) is 3.44. The number of hydrogen-bond donors (Lipinski definition) is 1. The van der Waals surface area contributed by atoms with Crippen LogP contribution in [0.15, 0.2) is 53.0 Å². The summed E-state index contributed by atoms with van der Waals surface area (Å²) in [6.07, 6.45) is 1.08. The molecule has 4 heteroatoms. The molecule has 1 fully saturated rings. The highest BCUT2D eigenvalue weighted by Crippen LogP contribution is 2.29. The van der Waals surface area contributed by atoms with Gasteiger partial charge >= 0.3 is 0 Å². The molecule has 0 spiro atoms. The van der Waals surface area contributed by atoms with Crippen molar-refractivity contribution < 1.29 is 4.39 Å². The van der Waals surface area contributed by atoms with Crippen LogP contribution in [0.25, 0.3) is 0 Å². The Kier molecular flexibility index (Phi) is 4.56. The van der Waals surface area contributed by atoms with Gasteiger partial charge in [-0.15, -0.1) is 0 Å². The van der Waals surface area contributed by atoms with E-state index in [4.69, 9.17) is 0 Å². The van der Waals surface area contributed by atoms with E-state index in [1.165, 1.54) is 17.7 Å². The Balaban J connectivity index is 1.85. The maximum atomic E-state index is 13.3. The molecular formula is C17H18BrFN2. The number of nitrogens with one attached hydrogen (secondary N) is 1. The number of hydrogen-bond acceptors (Lipinski definition) is 2. The van der Waals surface area contributed by atoms with E-state index >= 15 is 0 Å². The van der Waals surface area contributed by atoms with Gasteiger partial charge in [-0.25, -0.2) is 4.39 Å². The second-order valence-electron chi connectivity index (χ2n) is 5.31. The number of halogens is 2. The Morgan fingerprint density at radius 3 is 2.71 bits per heavy atom. The Labute approximate surface area is 133 Å². The first-order valence-corrected chi connectivity index (χ1v) is 8.01. The lowest BCUT2D eigenvalue weighted by Gasteiger charge is -2.27. The molecule has 1 N–H and O–H groups in total. The van der Waals surface area contributed by atoms with Crippen LogP contribution in [0.1, 0.15) is 18.0 Å². The Morgan fingerprint density at radius 2 is 1.95 bits per heavy atom. The van der Waals surface area contributed by atoms with Crippen molar-refractivity contribution in [1.29, 1.82) is 0 Å². The van der Waals surface area contributed by atoms with Crippen molar-refractivity contribution in [2.24, 2.45) is 0 Å². The standard InChI is InChI=1S/C17H18BrFN2/c18-15-11-14(19)7-8-17(15)21-10-4-9-20-16(12-21)13-5-2-1-3-6-13/h1-3,5-8,11,16,20H,4,9-10,12H2. The minimum Gasteiger partial charge on any atom is -0.369 e. The number of anilines is 1. The predicted octanol–water partition coefficient (Wildman–Crippen LogP) is 4.13. The zero-order valence-electron chi connectivity index (χ0n) is 11.7. The van der Waals surface area contributed by atoms with Crippen LogP contribution in [0, 0.1) is 5.82 Å². The van der Waals surface area contributed by atoms with Gasteiger partial charge in [0.1, 0.15) is 5.82 Å². The average molecular weight is 349 g/mol. The fourth-order valence-corrected chi connectivity index (χ4v) is 3.39. The first-order chi connectivity index (χ1) is 10.2. The smallest absolute Gasteiger partial charge is 0.124 e. The number of benzene rings is 2. The minimum atomic E-state index is -0.210. The van der Waals surface area contributed by atoms with E-state index in [1.54, 1.807) is 0 Å². The van der Waals surface area contributed by atoms with Gasteiger partial charge < -0.3 is 10.2 Å². The molecule has 1 saturated heterocycles. The Hall–Kier alpha value is -1.39. The van der Waals surface area contributed by atoms with E-state index in [1.807, 2.05) is 12.1 Å². The predicted molar refractivity (Wildman–Crippen MR) is 88.1 cm³/mol.